The van der Waals surface area contributed by atoms with Crippen LogP contribution in [0.2, 0.25) is 5.02 Å². The van der Waals surface area contributed by atoms with Gasteiger partial charge in [-0.15, -0.1) is 0 Å². The minimum absolute atomic E-state index is 0.0455. The summed E-state index contributed by atoms with van der Waals surface area (Å²) >= 11 is 5.92. The third-order valence-corrected chi connectivity index (χ3v) is 4.00. The fraction of sp³-hybridized carbons (Fsp3) is 0.316. The first-order valence-electron chi connectivity index (χ1n) is 7.96. The van der Waals surface area contributed by atoms with Crippen molar-refractivity contribution in [2.45, 2.75) is 13.0 Å². The summed E-state index contributed by atoms with van der Waals surface area (Å²) in [7, 11) is 5.23. The standard InChI is InChI=1S/C19H23ClN2O3/c1-22(13-14-7-8-17(24-2)12-18(14)25-3)10-9-19(23)21-16-6-4-5-15(20)11-16/h4-8,11-12H,9-10,13H2,1-3H3,(H,21,23). The minimum Gasteiger partial charge on any atom is -0.497 e. The fourth-order valence-corrected chi connectivity index (χ4v) is 2.62. The smallest absolute Gasteiger partial charge is 0.225 e. The van der Waals surface area contributed by atoms with Gasteiger partial charge in [-0.25, -0.2) is 0 Å². The molecule has 1 amide bonds. The second-order valence-corrected chi connectivity index (χ2v) is 6.16. The number of benzene rings is 2. The maximum absolute atomic E-state index is 12.1. The summed E-state index contributed by atoms with van der Waals surface area (Å²) in [5.74, 6) is 1.48. The van der Waals surface area contributed by atoms with Gasteiger partial charge in [0.25, 0.3) is 0 Å². The average molecular weight is 363 g/mol. The molecule has 0 unspecified atom stereocenters. The zero-order valence-corrected chi connectivity index (χ0v) is 15.5. The van der Waals surface area contributed by atoms with E-state index in [1.165, 1.54) is 0 Å². The van der Waals surface area contributed by atoms with Gasteiger partial charge in [-0.3, -0.25) is 4.79 Å². The van der Waals surface area contributed by atoms with E-state index in [1.807, 2.05) is 31.3 Å². The van der Waals surface area contributed by atoms with Gasteiger partial charge in [0.15, 0.2) is 0 Å². The van der Waals surface area contributed by atoms with Gasteiger partial charge < -0.3 is 19.7 Å². The van der Waals surface area contributed by atoms with Crippen LogP contribution in [0.5, 0.6) is 11.5 Å². The Hall–Kier alpha value is -2.24. The van der Waals surface area contributed by atoms with E-state index in [0.29, 0.717) is 30.2 Å². The molecule has 0 saturated heterocycles. The van der Waals surface area contributed by atoms with Crippen LogP contribution in [0.15, 0.2) is 42.5 Å². The molecule has 0 heterocycles. The topological polar surface area (TPSA) is 50.8 Å². The van der Waals surface area contributed by atoms with Crippen LogP contribution in [0.3, 0.4) is 0 Å². The van der Waals surface area contributed by atoms with Crippen molar-refractivity contribution >= 4 is 23.2 Å². The number of nitrogens with zero attached hydrogens (tertiary/aromatic N) is 1. The number of ether oxygens (including phenoxy) is 2. The molecular formula is C19H23ClN2O3. The predicted octanol–water partition coefficient (Wildman–Crippen LogP) is 3.82. The highest BCUT2D eigenvalue weighted by Gasteiger charge is 2.10. The zero-order valence-electron chi connectivity index (χ0n) is 14.7. The van der Waals surface area contributed by atoms with Gasteiger partial charge in [0.1, 0.15) is 11.5 Å². The molecular weight excluding hydrogens is 340 g/mol. The van der Waals surface area contributed by atoms with E-state index in [1.54, 1.807) is 32.4 Å². The highest BCUT2D eigenvalue weighted by atomic mass is 35.5. The van der Waals surface area contributed by atoms with Crippen LogP contribution in [0, 0.1) is 0 Å². The van der Waals surface area contributed by atoms with Crippen molar-refractivity contribution in [3.8, 4) is 11.5 Å². The first-order chi connectivity index (χ1) is 12.0. The summed E-state index contributed by atoms with van der Waals surface area (Å²) in [6, 6.07) is 12.8. The van der Waals surface area contributed by atoms with E-state index in [2.05, 4.69) is 10.2 Å². The van der Waals surface area contributed by atoms with Gasteiger partial charge in [-0.1, -0.05) is 23.7 Å². The molecule has 6 heteroatoms. The van der Waals surface area contributed by atoms with Crippen LogP contribution < -0.4 is 14.8 Å². The average Bonchev–Trinajstić information content (AvgIpc) is 2.60. The molecule has 0 radical (unpaired) electrons. The van der Waals surface area contributed by atoms with Crippen molar-refractivity contribution in [3.05, 3.63) is 53.1 Å². The van der Waals surface area contributed by atoms with E-state index in [4.69, 9.17) is 21.1 Å². The monoisotopic (exact) mass is 362 g/mol. The number of methoxy groups -OCH3 is 2. The SMILES string of the molecule is COc1ccc(CN(C)CCC(=O)Nc2cccc(Cl)c2)c(OC)c1. The van der Waals surface area contributed by atoms with E-state index >= 15 is 0 Å². The number of halogens is 1. The lowest BCUT2D eigenvalue weighted by Crippen LogP contribution is -2.24. The summed E-state index contributed by atoms with van der Waals surface area (Å²) in [6.07, 6.45) is 0.390. The lowest BCUT2D eigenvalue weighted by molar-refractivity contribution is -0.116. The number of anilines is 1. The Morgan fingerprint density at radius 1 is 1.16 bits per heavy atom. The van der Waals surface area contributed by atoms with Gasteiger partial charge in [-0.2, -0.15) is 0 Å². The second-order valence-electron chi connectivity index (χ2n) is 5.72. The number of hydrogen-bond donors (Lipinski definition) is 1. The Morgan fingerprint density at radius 3 is 2.64 bits per heavy atom. The molecule has 25 heavy (non-hydrogen) atoms. The Morgan fingerprint density at radius 2 is 1.96 bits per heavy atom. The van der Waals surface area contributed by atoms with Crippen LogP contribution in [0.4, 0.5) is 5.69 Å². The van der Waals surface area contributed by atoms with Gasteiger partial charge in [0, 0.05) is 41.9 Å². The minimum atomic E-state index is -0.0455. The highest BCUT2D eigenvalue weighted by molar-refractivity contribution is 6.30. The fourth-order valence-electron chi connectivity index (χ4n) is 2.43. The van der Waals surface area contributed by atoms with E-state index in [9.17, 15) is 4.79 Å². The molecule has 2 aromatic rings. The Balaban J connectivity index is 1.86. The van der Waals surface area contributed by atoms with E-state index in [-0.39, 0.29) is 5.91 Å². The van der Waals surface area contributed by atoms with Crippen LogP contribution in [0.25, 0.3) is 0 Å². The molecule has 0 aromatic heterocycles. The molecule has 0 atom stereocenters. The Kier molecular flexibility index (Phi) is 7.10. The third kappa shape index (κ3) is 5.96. The number of hydrogen-bond acceptors (Lipinski definition) is 4. The van der Waals surface area contributed by atoms with Crippen LogP contribution in [-0.2, 0) is 11.3 Å². The first kappa shape index (κ1) is 19.1. The molecule has 134 valence electrons. The Bertz CT molecular complexity index is 722. The first-order valence-corrected chi connectivity index (χ1v) is 8.34. The highest BCUT2D eigenvalue weighted by Crippen LogP contribution is 2.25. The number of carbonyl (C=O) groups is 1. The maximum atomic E-state index is 12.1. The molecule has 1 N–H and O–H groups in total. The second kappa shape index (κ2) is 9.30. The summed E-state index contributed by atoms with van der Waals surface area (Å²) in [5, 5.41) is 3.45. The molecule has 5 nitrogen and oxygen atoms in total. The predicted molar refractivity (Wildman–Crippen MR) is 101 cm³/mol. The molecule has 2 aromatic carbocycles. The molecule has 0 fully saturated rings. The van der Waals surface area contributed by atoms with Gasteiger partial charge >= 0.3 is 0 Å². The van der Waals surface area contributed by atoms with Crippen LogP contribution >= 0.6 is 11.6 Å². The molecule has 0 aliphatic heterocycles. The van der Waals surface area contributed by atoms with Crippen molar-refractivity contribution in [2.75, 3.05) is 33.1 Å². The van der Waals surface area contributed by atoms with Crippen molar-refractivity contribution in [3.63, 3.8) is 0 Å². The lowest BCUT2D eigenvalue weighted by Gasteiger charge is -2.18. The zero-order chi connectivity index (χ0) is 18.2. The summed E-state index contributed by atoms with van der Waals surface area (Å²) in [4.78, 5) is 14.1. The van der Waals surface area contributed by atoms with Crippen molar-refractivity contribution in [1.29, 1.82) is 0 Å². The van der Waals surface area contributed by atoms with E-state index in [0.717, 1.165) is 17.1 Å². The third-order valence-electron chi connectivity index (χ3n) is 3.76. The van der Waals surface area contributed by atoms with Crippen molar-refractivity contribution in [2.24, 2.45) is 0 Å². The lowest BCUT2D eigenvalue weighted by atomic mass is 10.1. The van der Waals surface area contributed by atoms with E-state index < -0.39 is 0 Å². The molecule has 2 rings (SSSR count). The quantitative estimate of drug-likeness (QED) is 0.775. The number of rotatable bonds is 8. The molecule has 0 spiro atoms. The molecule has 0 bridgehead atoms. The van der Waals surface area contributed by atoms with Crippen molar-refractivity contribution in [1.82, 2.24) is 4.90 Å². The van der Waals surface area contributed by atoms with Gasteiger partial charge in [0.2, 0.25) is 5.91 Å². The molecule has 0 saturated carbocycles. The summed E-state index contributed by atoms with van der Waals surface area (Å²) in [6.45, 7) is 1.30. The summed E-state index contributed by atoms with van der Waals surface area (Å²) < 4.78 is 10.6. The van der Waals surface area contributed by atoms with Crippen LogP contribution in [0.1, 0.15) is 12.0 Å². The van der Waals surface area contributed by atoms with Gasteiger partial charge in [-0.05, 0) is 31.3 Å². The number of amides is 1. The number of nitrogens with one attached hydrogen (secondary N) is 1. The Labute approximate surface area is 153 Å². The number of carbonyl (C=O) groups excluding carboxylic acids is 1. The maximum Gasteiger partial charge on any atom is 0.225 e. The normalized spacial score (nSPS) is 10.6. The molecule has 0 aliphatic carbocycles. The van der Waals surface area contributed by atoms with Crippen molar-refractivity contribution < 1.29 is 14.3 Å². The van der Waals surface area contributed by atoms with Gasteiger partial charge in [0.05, 0.1) is 14.2 Å². The molecule has 0 aliphatic rings. The summed E-state index contributed by atoms with van der Waals surface area (Å²) in [5.41, 5.74) is 1.75. The van der Waals surface area contributed by atoms with Crippen LogP contribution in [-0.4, -0.2) is 38.6 Å². The largest absolute Gasteiger partial charge is 0.497 e.